The first-order valence-corrected chi connectivity index (χ1v) is 9.63. The Morgan fingerprint density at radius 3 is 2.28 bits per heavy atom. The fourth-order valence-corrected chi connectivity index (χ4v) is 3.38. The third-order valence-corrected chi connectivity index (χ3v) is 4.90. The van der Waals surface area contributed by atoms with Gasteiger partial charge in [0, 0.05) is 44.8 Å². The van der Waals surface area contributed by atoms with Crippen LogP contribution in [0.5, 0.6) is 5.75 Å². The number of benzene rings is 2. The SMILES string of the molecule is CCC(=O)c1ccccc1OCC(O)CN1CCN(c2ccccc2)CC1.Cl.Cl. The van der Waals surface area contributed by atoms with E-state index in [1.807, 2.05) is 25.1 Å². The van der Waals surface area contributed by atoms with Gasteiger partial charge in [-0.2, -0.15) is 0 Å². The van der Waals surface area contributed by atoms with Gasteiger partial charge in [-0.1, -0.05) is 37.3 Å². The zero-order valence-electron chi connectivity index (χ0n) is 16.7. The predicted molar refractivity (Wildman–Crippen MR) is 122 cm³/mol. The fraction of sp³-hybridized carbons (Fsp3) is 0.409. The molecule has 1 N–H and O–H groups in total. The third-order valence-electron chi connectivity index (χ3n) is 4.90. The molecule has 2 aromatic rings. The number of para-hydroxylation sites is 2. The van der Waals surface area contributed by atoms with Crippen molar-refractivity contribution < 1.29 is 14.6 Å². The molecule has 1 fully saturated rings. The van der Waals surface area contributed by atoms with Gasteiger partial charge in [0.1, 0.15) is 18.5 Å². The van der Waals surface area contributed by atoms with E-state index in [0.29, 0.717) is 24.3 Å². The number of halogens is 2. The molecule has 2 aromatic carbocycles. The highest BCUT2D eigenvalue weighted by molar-refractivity contribution is 5.98. The number of ether oxygens (including phenoxy) is 1. The molecule has 0 bridgehead atoms. The van der Waals surface area contributed by atoms with E-state index in [0.717, 1.165) is 26.2 Å². The fourth-order valence-electron chi connectivity index (χ4n) is 3.38. The lowest BCUT2D eigenvalue weighted by atomic mass is 10.1. The minimum atomic E-state index is -0.585. The Morgan fingerprint density at radius 2 is 1.62 bits per heavy atom. The van der Waals surface area contributed by atoms with Gasteiger partial charge in [0.15, 0.2) is 5.78 Å². The van der Waals surface area contributed by atoms with Gasteiger partial charge in [-0.05, 0) is 24.3 Å². The molecular formula is C22H30Cl2N2O3. The highest BCUT2D eigenvalue weighted by Crippen LogP contribution is 2.20. The van der Waals surface area contributed by atoms with Crippen molar-refractivity contribution in [2.75, 3.05) is 44.2 Å². The van der Waals surface area contributed by atoms with E-state index < -0.39 is 6.10 Å². The highest BCUT2D eigenvalue weighted by Gasteiger charge is 2.20. The Bertz CT molecular complexity index is 738. The molecule has 0 spiro atoms. The van der Waals surface area contributed by atoms with Crippen LogP contribution >= 0.6 is 24.8 Å². The first-order chi connectivity index (χ1) is 13.2. The van der Waals surface area contributed by atoms with E-state index >= 15 is 0 Å². The van der Waals surface area contributed by atoms with E-state index in [2.05, 4.69) is 34.1 Å². The molecule has 29 heavy (non-hydrogen) atoms. The zero-order chi connectivity index (χ0) is 19.1. The molecule has 1 aliphatic rings. The molecule has 5 nitrogen and oxygen atoms in total. The van der Waals surface area contributed by atoms with Gasteiger partial charge < -0.3 is 14.7 Å². The van der Waals surface area contributed by atoms with Crippen molar-refractivity contribution >= 4 is 36.3 Å². The summed E-state index contributed by atoms with van der Waals surface area (Å²) in [6.07, 6.45) is -0.146. The van der Waals surface area contributed by atoms with Crippen LogP contribution in [0.3, 0.4) is 0 Å². The number of nitrogens with zero attached hydrogens (tertiary/aromatic N) is 2. The number of anilines is 1. The molecule has 0 saturated carbocycles. The van der Waals surface area contributed by atoms with Crippen LogP contribution in [0.4, 0.5) is 5.69 Å². The molecule has 0 radical (unpaired) electrons. The predicted octanol–water partition coefficient (Wildman–Crippen LogP) is 3.68. The second-order valence-corrected chi connectivity index (χ2v) is 6.86. The number of ketones is 1. The molecular weight excluding hydrogens is 411 g/mol. The number of piperazine rings is 1. The van der Waals surface area contributed by atoms with Gasteiger partial charge in [0.05, 0.1) is 5.56 Å². The average molecular weight is 441 g/mol. The highest BCUT2D eigenvalue weighted by atomic mass is 35.5. The van der Waals surface area contributed by atoms with Crippen molar-refractivity contribution in [1.29, 1.82) is 0 Å². The van der Waals surface area contributed by atoms with Gasteiger partial charge in [-0.3, -0.25) is 9.69 Å². The topological polar surface area (TPSA) is 53.0 Å². The number of aliphatic hydroxyl groups excluding tert-OH is 1. The molecule has 1 aliphatic heterocycles. The zero-order valence-corrected chi connectivity index (χ0v) is 18.3. The summed E-state index contributed by atoms with van der Waals surface area (Å²) < 4.78 is 5.75. The Kier molecular flexibility index (Phi) is 11.1. The van der Waals surface area contributed by atoms with Crippen LogP contribution in [0.1, 0.15) is 23.7 Å². The standard InChI is InChI=1S/C22H28N2O3.2ClH/c1-2-21(26)20-10-6-7-11-22(20)27-17-19(25)16-23-12-14-24(15-13-23)18-8-4-3-5-9-18;;/h3-11,19,25H,2,12-17H2,1H3;2*1H. The second kappa shape index (κ2) is 12.7. The van der Waals surface area contributed by atoms with Crippen LogP contribution < -0.4 is 9.64 Å². The Morgan fingerprint density at radius 1 is 1.00 bits per heavy atom. The Labute approximate surface area is 185 Å². The Balaban J connectivity index is 0.00000210. The van der Waals surface area contributed by atoms with E-state index in [1.54, 1.807) is 12.1 Å². The quantitative estimate of drug-likeness (QED) is 0.634. The van der Waals surface area contributed by atoms with Crippen molar-refractivity contribution in [2.24, 2.45) is 0 Å². The van der Waals surface area contributed by atoms with Crippen molar-refractivity contribution in [1.82, 2.24) is 4.90 Å². The number of carbonyl (C=O) groups excluding carboxylic acids is 1. The molecule has 1 unspecified atom stereocenters. The van der Waals surface area contributed by atoms with E-state index in [1.165, 1.54) is 5.69 Å². The molecule has 3 rings (SSSR count). The first-order valence-electron chi connectivity index (χ1n) is 9.63. The van der Waals surface area contributed by atoms with E-state index in [-0.39, 0.29) is 37.2 Å². The maximum absolute atomic E-state index is 12.0. The number of rotatable bonds is 8. The molecule has 1 heterocycles. The number of hydrogen-bond acceptors (Lipinski definition) is 5. The summed E-state index contributed by atoms with van der Waals surface area (Å²) in [4.78, 5) is 16.6. The largest absolute Gasteiger partial charge is 0.490 e. The number of aliphatic hydroxyl groups is 1. The second-order valence-electron chi connectivity index (χ2n) is 6.86. The lowest BCUT2D eigenvalue weighted by Gasteiger charge is -2.36. The summed E-state index contributed by atoms with van der Waals surface area (Å²) in [5, 5.41) is 10.4. The van der Waals surface area contributed by atoms with Gasteiger partial charge in [-0.25, -0.2) is 0 Å². The molecule has 7 heteroatoms. The van der Waals surface area contributed by atoms with Crippen LogP contribution in [-0.2, 0) is 0 Å². The van der Waals surface area contributed by atoms with Crippen LogP contribution in [0.2, 0.25) is 0 Å². The van der Waals surface area contributed by atoms with Crippen LogP contribution in [0.15, 0.2) is 54.6 Å². The number of carbonyl (C=O) groups is 1. The minimum Gasteiger partial charge on any atom is -0.490 e. The minimum absolute atomic E-state index is 0. The molecule has 0 amide bonds. The molecule has 0 aliphatic carbocycles. The first kappa shape index (κ1) is 25.2. The van der Waals surface area contributed by atoms with E-state index in [9.17, 15) is 9.90 Å². The van der Waals surface area contributed by atoms with Crippen molar-refractivity contribution in [2.45, 2.75) is 19.4 Å². The maximum atomic E-state index is 12.0. The molecule has 1 atom stereocenters. The molecule has 160 valence electrons. The average Bonchev–Trinajstić information content (AvgIpc) is 2.73. The maximum Gasteiger partial charge on any atom is 0.166 e. The smallest absolute Gasteiger partial charge is 0.166 e. The number of β-amino-alcohol motifs (C(OH)–C–C–N with tert-alkyl or cyclic N) is 1. The van der Waals surface area contributed by atoms with Crippen molar-refractivity contribution in [3.8, 4) is 5.75 Å². The number of Topliss-reactive ketones (excluding diaryl/α,β-unsaturated/α-hetero) is 1. The van der Waals surface area contributed by atoms with Crippen LogP contribution in [0, 0.1) is 0 Å². The third kappa shape index (κ3) is 7.19. The Hall–Kier alpha value is -1.79. The molecule has 0 aromatic heterocycles. The number of hydrogen-bond donors (Lipinski definition) is 1. The summed E-state index contributed by atoms with van der Waals surface area (Å²) >= 11 is 0. The summed E-state index contributed by atoms with van der Waals surface area (Å²) in [7, 11) is 0. The summed E-state index contributed by atoms with van der Waals surface area (Å²) in [6.45, 7) is 6.33. The molecule has 1 saturated heterocycles. The van der Waals surface area contributed by atoms with Crippen molar-refractivity contribution in [3.05, 3.63) is 60.2 Å². The lowest BCUT2D eigenvalue weighted by Crippen LogP contribution is -2.49. The summed E-state index contributed by atoms with van der Waals surface area (Å²) in [5.74, 6) is 0.606. The van der Waals surface area contributed by atoms with Crippen molar-refractivity contribution in [3.63, 3.8) is 0 Å². The van der Waals surface area contributed by atoms with Gasteiger partial charge >= 0.3 is 0 Å². The summed E-state index contributed by atoms with van der Waals surface area (Å²) in [6, 6.07) is 17.6. The normalized spacial score (nSPS) is 15.0. The van der Waals surface area contributed by atoms with E-state index in [4.69, 9.17) is 4.74 Å². The van der Waals surface area contributed by atoms with Gasteiger partial charge in [0.2, 0.25) is 0 Å². The summed E-state index contributed by atoms with van der Waals surface area (Å²) in [5.41, 5.74) is 1.84. The monoisotopic (exact) mass is 440 g/mol. The van der Waals surface area contributed by atoms with Gasteiger partial charge in [-0.15, -0.1) is 24.8 Å². The van der Waals surface area contributed by atoms with Gasteiger partial charge in [0.25, 0.3) is 0 Å². The van der Waals surface area contributed by atoms with Crippen LogP contribution in [0.25, 0.3) is 0 Å². The van der Waals surface area contributed by atoms with Crippen LogP contribution in [-0.4, -0.2) is 61.2 Å². The lowest BCUT2D eigenvalue weighted by molar-refractivity contribution is 0.0655.